The monoisotopic (exact) mass is 484 g/mol. The Hall–Kier alpha value is -2.85. The summed E-state index contributed by atoms with van der Waals surface area (Å²) in [4.78, 5) is 31.1. The van der Waals surface area contributed by atoms with Crippen LogP contribution in [-0.4, -0.2) is 40.4 Å². The largest absolute Gasteiger partial charge is 0.487 e. The number of carbonyl (C=O) groups excluding carboxylic acids is 2. The van der Waals surface area contributed by atoms with E-state index in [0.717, 1.165) is 6.07 Å². The van der Waals surface area contributed by atoms with Crippen molar-refractivity contribution >= 4 is 17.8 Å². The van der Waals surface area contributed by atoms with Crippen molar-refractivity contribution in [3.05, 3.63) is 29.1 Å². The molecule has 3 atom stereocenters. The first-order valence-electron chi connectivity index (χ1n) is 11.1. The van der Waals surface area contributed by atoms with Crippen LogP contribution in [0.1, 0.15) is 64.1 Å². The lowest BCUT2D eigenvalue weighted by Crippen LogP contribution is -2.50. The van der Waals surface area contributed by atoms with Crippen molar-refractivity contribution in [2.24, 2.45) is 22.6 Å². The molecule has 2 aliphatic heterocycles. The molecule has 0 radical (unpaired) electrons. The SMILES string of the molecule is CC1(C)CC(=O)N(CC2C[C@H]2C(=O)N[C@H]2CC(C)(C)Oc3c(C(F)(F)F)ccc(F)c32)C(N)=N1. The normalized spacial score (nSPS) is 27.4. The minimum absolute atomic E-state index is 0.0979. The van der Waals surface area contributed by atoms with E-state index in [-0.39, 0.29) is 42.7 Å². The molecule has 34 heavy (non-hydrogen) atoms. The van der Waals surface area contributed by atoms with Crippen molar-refractivity contribution in [1.29, 1.82) is 0 Å². The molecule has 0 aromatic heterocycles. The molecule has 7 nitrogen and oxygen atoms in total. The molecular weight excluding hydrogens is 456 g/mol. The number of fused-ring (bicyclic) bond motifs is 1. The zero-order chi connectivity index (χ0) is 25.2. The van der Waals surface area contributed by atoms with Gasteiger partial charge < -0.3 is 15.8 Å². The van der Waals surface area contributed by atoms with E-state index in [4.69, 9.17) is 10.5 Å². The number of aliphatic imine (C=N–C) groups is 1. The topological polar surface area (TPSA) is 97.0 Å². The molecule has 0 bridgehead atoms. The maximum absolute atomic E-state index is 14.7. The summed E-state index contributed by atoms with van der Waals surface area (Å²) in [7, 11) is 0. The average molecular weight is 484 g/mol. The second-order valence-corrected chi connectivity index (χ2v) is 10.5. The minimum Gasteiger partial charge on any atom is -0.487 e. The first-order chi connectivity index (χ1) is 15.6. The molecule has 1 fully saturated rings. The zero-order valence-electron chi connectivity index (χ0n) is 19.4. The summed E-state index contributed by atoms with van der Waals surface area (Å²) in [5.41, 5.74) is 2.93. The Bertz CT molecular complexity index is 1070. The summed E-state index contributed by atoms with van der Waals surface area (Å²) in [6, 6.07) is 0.404. The molecule has 1 aromatic rings. The molecule has 3 N–H and O–H groups in total. The predicted octanol–water partition coefficient (Wildman–Crippen LogP) is 3.52. The zero-order valence-corrected chi connectivity index (χ0v) is 19.4. The summed E-state index contributed by atoms with van der Waals surface area (Å²) in [6.07, 6.45) is -3.96. The number of rotatable bonds is 4. The molecule has 0 saturated heterocycles. The summed E-state index contributed by atoms with van der Waals surface area (Å²) in [5.74, 6) is -2.57. The van der Waals surface area contributed by atoms with Gasteiger partial charge in [0.1, 0.15) is 17.2 Å². The van der Waals surface area contributed by atoms with Crippen LogP contribution >= 0.6 is 0 Å². The van der Waals surface area contributed by atoms with Crippen molar-refractivity contribution in [3.8, 4) is 5.75 Å². The summed E-state index contributed by atoms with van der Waals surface area (Å²) in [5, 5.41) is 2.72. The van der Waals surface area contributed by atoms with Gasteiger partial charge in [0.25, 0.3) is 0 Å². The van der Waals surface area contributed by atoms with Crippen LogP contribution < -0.4 is 15.8 Å². The Labute approximate surface area is 194 Å². The fourth-order valence-corrected chi connectivity index (χ4v) is 4.75. The lowest BCUT2D eigenvalue weighted by atomic mass is 9.87. The molecule has 186 valence electrons. The number of benzene rings is 1. The summed E-state index contributed by atoms with van der Waals surface area (Å²) in [6.45, 7) is 7.01. The van der Waals surface area contributed by atoms with Crippen LogP contribution in [0.15, 0.2) is 17.1 Å². The van der Waals surface area contributed by atoms with Crippen molar-refractivity contribution in [1.82, 2.24) is 10.2 Å². The van der Waals surface area contributed by atoms with E-state index in [0.29, 0.717) is 12.5 Å². The maximum Gasteiger partial charge on any atom is 0.419 e. The van der Waals surface area contributed by atoms with E-state index in [1.165, 1.54) is 4.90 Å². The third-order valence-corrected chi connectivity index (χ3v) is 6.44. The van der Waals surface area contributed by atoms with Gasteiger partial charge in [0.15, 0.2) is 5.96 Å². The number of guanidine groups is 1. The number of amides is 2. The molecule has 1 saturated carbocycles. The van der Waals surface area contributed by atoms with Crippen LogP contribution in [0.25, 0.3) is 0 Å². The molecule has 1 unspecified atom stereocenters. The minimum atomic E-state index is -4.74. The van der Waals surface area contributed by atoms with E-state index in [1.54, 1.807) is 27.7 Å². The molecule has 4 rings (SSSR count). The van der Waals surface area contributed by atoms with Gasteiger partial charge in [-0.1, -0.05) is 0 Å². The van der Waals surface area contributed by atoms with Gasteiger partial charge in [-0.3, -0.25) is 14.5 Å². The lowest BCUT2D eigenvalue weighted by molar-refractivity contribution is -0.140. The van der Waals surface area contributed by atoms with Gasteiger partial charge in [-0.2, -0.15) is 13.2 Å². The molecule has 1 aromatic carbocycles. The lowest BCUT2D eigenvalue weighted by Gasteiger charge is -2.39. The highest BCUT2D eigenvalue weighted by atomic mass is 19.4. The molecular formula is C23H28F4N4O3. The number of carbonyl (C=O) groups is 2. The van der Waals surface area contributed by atoms with E-state index in [9.17, 15) is 27.2 Å². The van der Waals surface area contributed by atoms with Crippen molar-refractivity contribution in [3.63, 3.8) is 0 Å². The summed E-state index contributed by atoms with van der Waals surface area (Å²) < 4.78 is 60.8. The van der Waals surface area contributed by atoms with Gasteiger partial charge in [0.05, 0.1) is 29.1 Å². The van der Waals surface area contributed by atoms with Crippen LogP contribution in [0, 0.1) is 17.7 Å². The first kappa shape index (κ1) is 24.3. The van der Waals surface area contributed by atoms with E-state index < -0.39 is 52.3 Å². The van der Waals surface area contributed by atoms with Gasteiger partial charge in [-0.25, -0.2) is 9.38 Å². The van der Waals surface area contributed by atoms with Crippen LogP contribution in [0.2, 0.25) is 0 Å². The Balaban J connectivity index is 1.50. The fraction of sp³-hybridized carbons (Fsp3) is 0.609. The molecule has 11 heteroatoms. The van der Waals surface area contributed by atoms with E-state index in [2.05, 4.69) is 10.3 Å². The van der Waals surface area contributed by atoms with Gasteiger partial charge >= 0.3 is 6.18 Å². The number of nitrogens with two attached hydrogens (primary N) is 1. The Morgan fingerprint density at radius 1 is 1.29 bits per heavy atom. The van der Waals surface area contributed by atoms with Gasteiger partial charge in [-0.15, -0.1) is 0 Å². The molecule has 2 amide bonds. The third kappa shape index (κ3) is 4.69. The standard InChI is InChI=1S/C23H28F4N4O3/c1-21(2)9-16(32)31(20(28)30-21)10-11-7-12(11)19(33)29-15-8-22(3,4)34-18-13(23(25,26)27)5-6-14(24)17(15)18/h5-6,11-12,15H,7-10H2,1-4H3,(H2,28,30)(H,29,33)/t11?,12-,15+/m1/s1. The molecule has 3 aliphatic rings. The fourth-order valence-electron chi connectivity index (χ4n) is 4.75. The van der Waals surface area contributed by atoms with E-state index >= 15 is 0 Å². The van der Waals surface area contributed by atoms with Crippen molar-refractivity contribution in [2.45, 2.75) is 70.3 Å². The molecule has 1 aliphatic carbocycles. The molecule has 0 spiro atoms. The van der Waals surface area contributed by atoms with Crippen LogP contribution in [0.3, 0.4) is 0 Å². The van der Waals surface area contributed by atoms with Crippen molar-refractivity contribution < 1.29 is 31.9 Å². The van der Waals surface area contributed by atoms with Crippen LogP contribution in [0.4, 0.5) is 17.6 Å². The second kappa shape index (κ2) is 7.84. The van der Waals surface area contributed by atoms with Crippen molar-refractivity contribution in [2.75, 3.05) is 6.54 Å². The van der Waals surface area contributed by atoms with Gasteiger partial charge in [-0.05, 0) is 52.2 Å². The number of nitrogens with one attached hydrogen (secondary N) is 1. The van der Waals surface area contributed by atoms with Gasteiger partial charge in [0, 0.05) is 18.9 Å². The average Bonchev–Trinajstić information content (AvgIpc) is 3.41. The van der Waals surface area contributed by atoms with Crippen LogP contribution in [-0.2, 0) is 15.8 Å². The van der Waals surface area contributed by atoms with Crippen LogP contribution in [0.5, 0.6) is 5.75 Å². The number of ether oxygens (including phenoxy) is 1. The Kier molecular flexibility index (Phi) is 5.60. The molecule has 2 heterocycles. The third-order valence-electron chi connectivity index (χ3n) is 6.44. The smallest absolute Gasteiger partial charge is 0.419 e. The van der Waals surface area contributed by atoms with Gasteiger partial charge in [0.2, 0.25) is 11.8 Å². The predicted molar refractivity (Wildman–Crippen MR) is 115 cm³/mol. The maximum atomic E-state index is 14.7. The first-order valence-corrected chi connectivity index (χ1v) is 11.1. The summed E-state index contributed by atoms with van der Waals surface area (Å²) >= 11 is 0. The highest BCUT2D eigenvalue weighted by Gasteiger charge is 2.48. The number of hydrogen-bond acceptors (Lipinski definition) is 5. The van der Waals surface area contributed by atoms with E-state index in [1.807, 2.05) is 0 Å². The number of nitrogens with zero attached hydrogens (tertiary/aromatic N) is 2. The number of halogens is 4. The number of hydrogen-bond donors (Lipinski definition) is 2. The number of alkyl halides is 3. The Morgan fingerprint density at radius 2 is 1.97 bits per heavy atom. The second-order valence-electron chi connectivity index (χ2n) is 10.5. The highest BCUT2D eigenvalue weighted by Crippen LogP contribution is 2.48. The Morgan fingerprint density at radius 3 is 2.59 bits per heavy atom. The quantitative estimate of drug-likeness (QED) is 0.639. The highest BCUT2D eigenvalue weighted by molar-refractivity contribution is 5.99.